The summed E-state index contributed by atoms with van der Waals surface area (Å²) < 4.78 is 8.11. The average Bonchev–Trinajstić information content (AvgIpc) is 2.61. The molecule has 6 heteroatoms. The van der Waals surface area contributed by atoms with E-state index < -0.39 is 0 Å². The monoisotopic (exact) mass is 527 g/mol. The van der Waals surface area contributed by atoms with E-state index in [1.165, 1.54) is 5.56 Å². The van der Waals surface area contributed by atoms with Crippen molar-refractivity contribution in [2.45, 2.75) is 20.1 Å². The molecule has 0 heterocycles. The van der Waals surface area contributed by atoms with Crippen molar-refractivity contribution >= 4 is 60.7 Å². The van der Waals surface area contributed by atoms with Crippen molar-refractivity contribution in [2.24, 2.45) is 0 Å². The zero-order valence-corrected chi connectivity index (χ0v) is 19.2. The Bertz CT molecular complexity index is 963. The molecule has 0 amide bonds. The van der Waals surface area contributed by atoms with Gasteiger partial charge in [0.15, 0.2) is 0 Å². The number of hydrogen-bond acceptors (Lipinski definition) is 2. The molecule has 3 rings (SSSR count). The number of anilines is 1. The molecule has 1 N–H and O–H groups in total. The molecule has 0 atom stereocenters. The molecular formula is C21H17Br2Cl2NO. The second-order valence-electron chi connectivity index (χ2n) is 6.09. The van der Waals surface area contributed by atoms with Gasteiger partial charge in [0.1, 0.15) is 12.4 Å². The first-order valence-electron chi connectivity index (χ1n) is 8.27. The normalized spacial score (nSPS) is 10.7. The van der Waals surface area contributed by atoms with Gasteiger partial charge in [-0.05, 0) is 61.0 Å². The molecule has 0 aliphatic carbocycles. The van der Waals surface area contributed by atoms with Crippen molar-refractivity contribution in [3.8, 4) is 5.75 Å². The van der Waals surface area contributed by atoms with Crippen LogP contribution in [0.1, 0.15) is 16.7 Å². The van der Waals surface area contributed by atoms with Crippen LogP contribution < -0.4 is 10.1 Å². The molecule has 27 heavy (non-hydrogen) atoms. The lowest BCUT2D eigenvalue weighted by molar-refractivity contribution is 0.303. The van der Waals surface area contributed by atoms with E-state index in [9.17, 15) is 0 Å². The van der Waals surface area contributed by atoms with Crippen LogP contribution in [-0.2, 0) is 13.2 Å². The zero-order valence-electron chi connectivity index (χ0n) is 14.5. The number of aryl methyl sites for hydroxylation is 1. The number of rotatable bonds is 6. The van der Waals surface area contributed by atoms with Gasteiger partial charge in [0.25, 0.3) is 0 Å². The van der Waals surface area contributed by atoms with Crippen molar-refractivity contribution in [1.29, 1.82) is 0 Å². The summed E-state index contributed by atoms with van der Waals surface area (Å²) in [5.41, 5.74) is 4.21. The first-order chi connectivity index (χ1) is 12.9. The van der Waals surface area contributed by atoms with Crippen molar-refractivity contribution in [1.82, 2.24) is 0 Å². The first-order valence-corrected chi connectivity index (χ1v) is 10.6. The number of hydrogen-bond donors (Lipinski definition) is 1. The minimum absolute atomic E-state index is 0.377. The summed E-state index contributed by atoms with van der Waals surface area (Å²) in [6.45, 7) is 3.10. The summed E-state index contributed by atoms with van der Waals surface area (Å²) in [5.74, 6) is 0.812. The lowest BCUT2D eigenvalue weighted by Crippen LogP contribution is -2.05. The van der Waals surface area contributed by atoms with Crippen LogP contribution in [0.2, 0.25) is 10.0 Å². The van der Waals surface area contributed by atoms with Crippen molar-refractivity contribution < 1.29 is 4.74 Å². The lowest BCUT2D eigenvalue weighted by atomic mass is 10.1. The van der Waals surface area contributed by atoms with Crippen molar-refractivity contribution in [3.05, 3.63) is 90.3 Å². The van der Waals surface area contributed by atoms with Gasteiger partial charge >= 0.3 is 0 Å². The minimum Gasteiger partial charge on any atom is -0.488 e. The van der Waals surface area contributed by atoms with Crippen molar-refractivity contribution in [3.63, 3.8) is 0 Å². The first kappa shape index (κ1) is 20.5. The quantitative estimate of drug-likeness (QED) is 0.349. The molecule has 0 aliphatic rings. The molecule has 3 aromatic carbocycles. The minimum atomic E-state index is 0.377. The third-order valence-electron chi connectivity index (χ3n) is 4.08. The topological polar surface area (TPSA) is 21.3 Å². The highest BCUT2D eigenvalue weighted by Gasteiger charge is 2.08. The van der Waals surface area contributed by atoms with Crippen LogP contribution in [0.25, 0.3) is 0 Å². The van der Waals surface area contributed by atoms with Crippen LogP contribution in [0.15, 0.2) is 63.5 Å². The predicted octanol–water partition coefficient (Wildman–Crippen LogP) is 8.02. The number of ether oxygens (including phenoxy) is 1. The van der Waals surface area contributed by atoms with Gasteiger partial charge in [-0.2, -0.15) is 0 Å². The van der Waals surface area contributed by atoms with Gasteiger partial charge in [-0.25, -0.2) is 0 Å². The standard InChI is InChI=1S/C21H17Br2Cl2NO/c1-13-8-16(22)3-6-20(13)26-11-15-9-17(23)4-7-21(15)27-12-14-2-5-18(24)10-19(14)25/h2-10,26H,11-12H2,1H3. The Hall–Kier alpha value is -1.20. The summed E-state index contributed by atoms with van der Waals surface area (Å²) in [6.07, 6.45) is 0. The second kappa shape index (κ2) is 9.33. The third kappa shape index (κ3) is 5.64. The Kier molecular flexibility index (Phi) is 7.10. The molecular weight excluding hydrogens is 513 g/mol. The van der Waals surface area contributed by atoms with E-state index in [1.807, 2.05) is 30.3 Å². The van der Waals surface area contributed by atoms with Crippen LogP contribution >= 0.6 is 55.1 Å². The summed E-state index contributed by atoms with van der Waals surface area (Å²) in [7, 11) is 0. The summed E-state index contributed by atoms with van der Waals surface area (Å²) in [4.78, 5) is 0. The van der Waals surface area contributed by atoms with E-state index in [0.717, 1.165) is 31.5 Å². The Labute approximate surface area is 186 Å². The van der Waals surface area contributed by atoms with Gasteiger partial charge in [-0.15, -0.1) is 0 Å². The Balaban J connectivity index is 1.74. The fourth-order valence-electron chi connectivity index (χ4n) is 2.64. The van der Waals surface area contributed by atoms with Crippen LogP contribution in [0.3, 0.4) is 0 Å². The molecule has 0 saturated carbocycles. The van der Waals surface area contributed by atoms with Gasteiger partial charge in [0.2, 0.25) is 0 Å². The van der Waals surface area contributed by atoms with Gasteiger partial charge in [-0.3, -0.25) is 0 Å². The highest BCUT2D eigenvalue weighted by molar-refractivity contribution is 9.10. The fraction of sp³-hybridized carbons (Fsp3) is 0.143. The van der Waals surface area contributed by atoms with Crippen LogP contribution in [0, 0.1) is 6.92 Å². The summed E-state index contributed by atoms with van der Waals surface area (Å²) >= 11 is 19.2. The van der Waals surface area contributed by atoms with Gasteiger partial charge in [0, 0.05) is 42.3 Å². The second-order valence-corrected chi connectivity index (χ2v) is 8.76. The maximum atomic E-state index is 6.24. The van der Waals surface area contributed by atoms with Gasteiger partial charge < -0.3 is 10.1 Å². The molecule has 0 fully saturated rings. The van der Waals surface area contributed by atoms with E-state index in [2.05, 4.69) is 62.3 Å². The molecule has 0 bridgehead atoms. The van der Waals surface area contributed by atoms with Crippen molar-refractivity contribution in [2.75, 3.05) is 5.32 Å². The summed E-state index contributed by atoms with van der Waals surface area (Å²) in [5, 5.41) is 4.69. The van der Waals surface area contributed by atoms with Gasteiger partial charge in [-0.1, -0.05) is 61.1 Å². The predicted molar refractivity (Wildman–Crippen MR) is 121 cm³/mol. The molecule has 0 aliphatic heterocycles. The Morgan fingerprint density at radius 3 is 2.37 bits per heavy atom. The van der Waals surface area contributed by atoms with E-state index in [1.54, 1.807) is 6.07 Å². The highest BCUT2D eigenvalue weighted by Crippen LogP contribution is 2.28. The molecule has 2 nitrogen and oxygen atoms in total. The third-order valence-corrected chi connectivity index (χ3v) is 5.65. The fourth-order valence-corrected chi connectivity index (χ4v) is 3.98. The Morgan fingerprint density at radius 1 is 0.889 bits per heavy atom. The smallest absolute Gasteiger partial charge is 0.124 e. The largest absolute Gasteiger partial charge is 0.488 e. The number of halogens is 4. The molecule has 3 aromatic rings. The molecule has 0 radical (unpaired) electrons. The Morgan fingerprint density at radius 2 is 1.63 bits per heavy atom. The molecule has 140 valence electrons. The average molecular weight is 530 g/mol. The maximum Gasteiger partial charge on any atom is 0.124 e. The van der Waals surface area contributed by atoms with E-state index >= 15 is 0 Å². The lowest BCUT2D eigenvalue weighted by Gasteiger charge is -2.15. The van der Waals surface area contributed by atoms with E-state index in [0.29, 0.717) is 23.2 Å². The molecule has 0 spiro atoms. The van der Waals surface area contributed by atoms with Gasteiger partial charge in [0.05, 0.1) is 0 Å². The zero-order chi connectivity index (χ0) is 19.4. The molecule has 0 saturated heterocycles. The number of nitrogens with one attached hydrogen (secondary N) is 1. The van der Waals surface area contributed by atoms with E-state index in [-0.39, 0.29) is 0 Å². The van der Waals surface area contributed by atoms with E-state index in [4.69, 9.17) is 27.9 Å². The van der Waals surface area contributed by atoms with Crippen LogP contribution in [0.4, 0.5) is 5.69 Å². The molecule has 0 unspecified atom stereocenters. The summed E-state index contributed by atoms with van der Waals surface area (Å²) in [6, 6.07) is 17.6. The van der Waals surface area contributed by atoms with Crippen LogP contribution in [-0.4, -0.2) is 0 Å². The molecule has 0 aromatic heterocycles. The maximum absolute atomic E-state index is 6.24. The SMILES string of the molecule is Cc1cc(Br)ccc1NCc1cc(Br)ccc1OCc1ccc(Cl)cc1Cl. The van der Waals surface area contributed by atoms with Crippen LogP contribution in [0.5, 0.6) is 5.75 Å². The number of benzene rings is 3. The highest BCUT2D eigenvalue weighted by atomic mass is 79.9.